The molecule has 0 aromatic heterocycles. The van der Waals surface area contributed by atoms with Crippen LogP contribution < -0.4 is 5.73 Å². The average molecular weight is 1030 g/mol. The number of piperidine rings is 3. The van der Waals surface area contributed by atoms with Crippen LogP contribution >= 0.6 is 0 Å². The lowest BCUT2D eigenvalue weighted by atomic mass is 9.27. The maximum atomic E-state index is 16.9. The SMILES string of the molecule is CC1CC2=C3C4C5=C6C(C=CC(C7CCCCC7)CC7C68C(=O)OC(=C(O)C6CC9CCC%10(CC%11(CCCC%11)C%11(CCCC%11)C%10)C6N6CC%10CC(CN3C%10CC2)C96)C8(CC5)C72OC(=O)c3c(CCCN)cccc32)CC14. The first kappa shape index (κ1) is 46.4. The Morgan fingerprint density at radius 3 is 2.39 bits per heavy atom. The molecule has 8 aliphatic heterocycles. The molecule has 76 heavy (non-hydrogen) atoms. The van der Waals surface area contributed by atoms with E-state index in [1.165, 1.54) is 147 Å². The van der Waals surface area contributed by atoms with Crippen molar-refractivity contribution in [3.63, 3.8) is 0 Å². The number of benzene rings is 1. The highest BCUT2D eigenvalue weighted by atomic mass is 16.6. The minimum atomic E-state index is -1.14. The van der Waals surface area contributed by atoms with Crippen molar-refractivity contribution in [1.82, 2.24) is 9.80 Å². The Labute approximate surface area is 452 Å². The van der Waals surface area contributed by atoms with Crippen LogP contribution in [-0.2, 0) is 26.3 Å². The van der Waals surface area contributed by atoms with Crippen LogP contribution in [0.2, 0.25) is 0 Å². The van der Waals surface area contributed by atoms with Gasteiger partial charge in [0, 0.05) is 60.2 Å². The molecule has 0 amide bonds. The van der Waals surface area contributed by atoms with Gasteiger partial charge < -0.3 is 25.2 Å². The van der Waals surface area contributed by atoms with E-state index in [1.54, 1.807) is 16.8 Å². The van der Waals surface area contributed by atoms with Crippen LogP contribution in [0.1, 0.15) is 202 Å². The molecule has 3 N–H and O–H groups in total. The first-order chi connectivity index (χ1) is 37.1. The van der Waals surface area contributed by atoms with Gasteiger partial charge in [0.05, 0.1) is 11.0 Å². The fourth-order valence-corrected chi connectivity index (χ4v) is 26.6. The molecule has 5 saturated heterocycles. The summed E-state index contributed by atoms with van der Waals surface area (Å²) in [4.78, 5) is 38.8. The number of aryl methyl sites for hydroxylation is 1. The number of nitrogens with zero attached hydrogens (tertiary/aromatic N) is 2. The molecule has 1 aromatic carbocycles. The first-order valence-electron chi connectivity index (χ1n) is 32.5. The van der Waals surface area contributed by atoms with Gasteiger partial charge in [-0.05, 0) is 216 Å². The minimum absolute atomic E-state index is 0.107. The lowest BCUT2D eigenvalue weighted by Gasteiger charge is -2.73. The zero-order valence-corrected chi connectivity index (χ0v) is 45.9. The van der Waals surface area contributed by atoms with Gasteiger partial charge in [0.15, 0.2) is 11.4 Å². The number of rotatable bonds is 4. The lowest BCUT2D eigenvalue weighted by molar-refractivity contribution is -0.282. The van der Waals surface area contributed by atoms with Crippen molar-refractivity contribution in [2.45, 2.75) is 210 Å². The third-order valence-electron chi connectivity index (χ3n) is 28.4. The molecule has 9 bridgehead atoms. The highest BCUT2D eigenvalue weighted by Crippen LogP contribution is 2.89. The molecule has 18 aliphatic rings. The fourth-order valence-electron chi connectivity index (χ4n) is 26.6. The van der Waals surface area contributed by atoms with Gasteiger partial charge in [0.25, 0.3) is 0 Å². The number of ether oxygens (including phenoxy) is 2. The topological polar surface area (TPSA) is 105 Å². The fraction of sp³-hybridized carbons (Fsp3) is 0.765. The summed E-state index contributed by atoms with van der Waals surface area (Å²) in [5.41, 5.74) is 13.1. The standard InChI is InChI=1S/C68H87N3O5/c1-38-29-43-18-19-51-45-30-46-35-70(51)57(43)54-47-21-27-66-60(58(72)49-32-44-20-26-63(59(49)71(34-45)56(44)46)36-64(22-5-6-23-64)65(37-63)24-7-8-25-65)75-62(74)67(66)52(68(66)50-15-9-13-40(14-10-28-69)53(50)61(73)76-68)33-41(39-11-3-2-4-12-39)16-17-42(55(47)67)31-48(38)54/h9,13,15-17,38-39,41-42,44-46,48-49,51-52,54,56,59,72H,2-8,10-12,14,18-37,69H2,1H3. The number of carbonyl (C=O) groups is 2. The van der Waals surface area contributed by atoms with Gasteiger partial charge in [-0.2, -0.15) is 0 Å². The van der Waals surface area contributed by atoms with Gasteiger partial charge >= 0.3 is 11.9 Å². The third-order valence-corrected chi connectivity index (χ3v) is 28.4. The molecular formula is C68H87N3O5. The Kier molecular flexibility index (Phi) is 9.49. The highest BCUT2D eigenvalue weighted by Gasteiger charge is 2.94. The second-order valence-electron chi connectivity index (χ2n) is 30.5. The molecule has 11 fully saturated rings. The monoisotopic (exact) mass is 1030 g/mol. The van der Waals surface area contributed by atoms with E-state index >= 15 is 9.59 Å². The van der Waals surface area contributed by atoms with Crippen molar-refractivity contribution >= 4 is 11.9 Å². The van der Waals surface area contributed by atoms with Crippen molar-refractivity contribution in [1.29, 1.82) is 0 Å². The van der Waals surface area contributed by atoms with Crippen LogP contribution in [0, 0.1) is 92.2 Å². The zero-order chi connectivity index (χ0) is 50.5. The maximum Gasteiger partial charge on any atom is 0.339 e. The minimum Gasteiger partial charge on any atom is -0.508 e. The van der Waals surface area contributed by atoms with E-state index in [1.807, 2.05) is 0 Å². The van der Waals surface area contributed by atoms with Gasteiger partial charge in [0.1, 0.15) is 11.2 Å². The van der Waals surface area contributed by atoms with Crippen molar-refractivity contribution in [3.05, 3.63) is 81.0 Å². The Bertz CT molecular complexity index is 2850. The first-order valence-corrected chi connectivity index (χ1v) is 32.5. The number of aliphatic hydroxyl groups excluding tert-OH is 1. The molecular weight excluding hydrogens is 939 g/mol. The Balaban J connectivity index is 0.933. The van der Waals surface area contributed by atoms with Crippen LogP contribution in [0.5, 0.6) is 0 Å². The average Bonchev–Trinajstić information content (AvgIpc) is 4.34. The predicted octanol–water partition coefficient (Wildman–Crippen LogP) is 13.2. The van der Waals surface area contributed by atoms with Crippen molar-refractivity contribution in [3.8, 4) is 0 Å². The van der Waals surface area contributed by atoms with E-state index in [-0.39, 0.29) is 47.1 Å². The van der Waals surface area contributed by atoms with Crippen molar-refractivity contribution < 1.29 is 24.2 Å². The van der Waals surface area contributed by atoms with E-state index in [4.69, 9.17) is 15.2 Å². The van der Waals surface area contributed by atoms with Crippen molar-refractivity contribution in [2.75, 3.05) is 19.6 Å². The van der Waals surface area contributed by atoms with E-state index in [9.17, 15) is 5.11 Å². The molecule has 404 valence electrons. The zero-order valence-electron chi connectivity index (χ0n) is 45.9. The molecule has 8 nitrogen and oxygen atoms in total. The second kappa shape index (κ2) is 15.5. The van der Waals surface area contributed by atoms with Crippen LogP contribution in [0.15, 0.2) is 64.3 Å². The van der Waals surface area contributed by atoms with Crippen LogP contribution in [0.4, 0.5) is 0 Å². The van der Waals surface area contributed by atoms with Gasteiger partial charge in [-0.1, -0.05) is 93.4 Å². The maximum absolute atomic E-state index is 16.9. The molecule has 6 saturated carbocycles. The number of fused-ring (bicyclic) bond motifs is 8. The number of allylic oxidation sites excluding steroid dienone is 4. The number of hydrogen-bond acceptors (Lipinski definition) is 8. The summed E-state index contributed by atoms with van der Waals surface area (Å²) in [5, 5.41) is 14.6. The third kappa shape index (κ3) is 5.20. The lowest BCUT2D eigenvalue weighted by Crippen LogP contribution is -2.78. The van der Waals surface area contributed by atoms with E-state index in [0.717, 1.165) is 55.3 Å². The van der Waals surface area contributed by atoms with Gasteiger partial charge in [-0.15, -0.1) is 0 Å². The predicted molar refractivity (Wildman–Crippen MR) is 291 cm³/mol. The molecule has 1 aromatic rings. The number of esters is 2. The summed E-state index contributed by atoms with van der Waals surface area (Å²) in [5.74, 6) is 4.27. The van der Waals surface area contributed by atoms with Gasteiger partial charge in [0.2, 0.25) is 0 Å². The molecule has 0 radical (unpaired) electrons. The molecule has 8 heteroatoms. The number of aliphatic hydroxyl groups is 1. The number of hydrogen-bond donors (Lipinski definition) is 2. The summed E-state index contributed by atoms with van der Waals surface area (Å²) >= 11 is 0. The summed E-state index contributed by atoms with van der Waals surface area (Å²) < 4.78 is 15.1. The summed E-state index contributed by atoms with van der Waals surface area (Å²) in [6.45, 7) is 5.49. The number of nitrogens with two attached hydrogens (primary N) is 1. The molecule has 19 rings (SSSR count). The quantitative estimate of drug-likeness (QED) is 0.227. The molecule has 16 atom stereocenters. The molecule has 8 heterocycles. The molecule has 10 aliphatic carbocycles. The normalized spacial score (nSPS) is 46.9. The van der Waals surface area contributed by atoms with E-state index in [0.29, 0.717) is 95.2 Å². The molecule has 16 unspecified atom stereocenters. The second-order valence-corrected chi connectivity index (χ2v) is 30.5. The Morgan fingerprint density at radius 1 is 0.803 bits per heavy atom. The summed E-state index contributed by atoms with van der Waals surface area (Å²) in [7, 11) is 0. The van der Waals surface area contributed by atoms with Crippen molar-refractivity contribution in [2.24, 2.45) is 97.9 Å². The van der Waals surface area contributed by atoms with E-state index in [2.05, 4.69) is 47.1 Å². The largest absolute Gasteiger partial charge is 0.508 e. The smallest absolute Gasteiger partial charge is 0.339 e. The van der Waals surface area contributed by atoms with Gasteiger partial charge in [-0.3, -0.25) is 9.69 Å². The van der Waals surface area contributed by atoms with E-state index < -0.39 is 16.4 Å². The van der Waals surface area contributed by atoms with Gasteiger partial charge in [-0.25, -0.2) is 4.79 Å². The highest BCUT2D eigenvalue weighted by molar-refractivity contribution is 6.00. The Morgan fingerprint density at radius 2 is 1.61 bits per heavy atom. The van der Waals surface area contributed by atoms with Crippen LogP contribution in [0.25, 0.3) is 0 Å². The number of carbonyl (C=O) groups excluding carboxylic acids is 2. The van der Waals surface area contributed by atoms with Crippen LogP contribution in [-0.4, -0.2) is 64.6 Å². The molecule has 6 spiro atoms. The summed E-state index contributed by atoms with van der Waals surface area (Å²) in [6.07, 6.45) is 38.8. The Hall–Kier alpha value is -3.36. The summed E-state index contributed by atoms with van der Waals surface area (Å²) in [6, 6.07) is 7.86. The van der Waals surface area contributed by atoms with Crippen LogP contribution in [0.3, 0.4) is 0 Å².